The van der Waals surface area contributed by atoms with Crippen LogP contribution < -0.4 is 5.32 Å². The van der Waals surface area contributed by atoms with Crippen molar-refractivity contribution in [3.8, 4) is 0 Å². The lowest BCUT2D eigenvalue weighted by molar-refractivity contribution is 0.0601. The summed E-state index contributed by atoms with van der Waals surface area (Å²) in [5.41, 5.74) is 2.19. The predicted molar refractivity (Wildman–Crippen MR) is 109 cm³/mol. The Hall–Kier alpha value is -2.66. The monoisotopic (exact) mass is 379 g/mol. The van der Waals surface area contributed by atoms with E-state index in [1.54, 1.807) is 0 Å². The SMILES string of the molecule is COC(=O)c1c(NC(=O)c2cccc3ccccc23)sc2c1CCCCC2. The third kappa shape index (κ3) is 3.35. The van der Waals surface area contributed by atoms with E-state index in [9.17, 15) is 9.59 Å². The summed E-state index contributed by atoms with van der Waals surface area (Å²) in [7, 11) is 1.39. The summed E-state index contributed by atoms with van der Waals surface area (Å²) in [6, 6.07) is 13.5. The molecule has 1 N–H and O–H groups in total. The minimum atomic E-state index is -0.373. The van der Waals surface area contributed by atoms with Gasteiger partial charge in [-0.25, -0.2) is 4.79 Å². The van der Waals surface area contributed by atoms with Gasteiger partial charge in [-0.2, -0.15) is 0 Å². The Kier molecular flexibility index (Phi) is 4.94. The van der Waals surface area contributed by atoms with E-state index >= 15 is 0 Å². The number of fused-ring (bicyclic) bond motifs is 2. The van der Waals surface area contributed by atoms with Gasteiger partial charge < -0.3 is 10.1 Å². The standard InChI is InChI=1S/C22H21NO3S/c1-26-22(25)19-17-11-3-2-4-13-18(17)27-21(19)23-20(24)16-12-7-9-14-8-5-6-10-15(14)16/h5-10,12H,2-4,11,13H2,1H3,(H,23,24). The van der Waals surface area contributed by atoms with E-state index in [-0.39, 0.29) is 11.9 Å². The zero-order valence-electron chi connectivity index (χ0n) is 15.2. The molecule has 4 nitrogen and oxygen atoms in total. The number of rotatable bonds is 3. The first kappa shape index (κ1) is 17.7. The number of carbonyl (C=O) groups is 2. The Morgan fingerprint density at radius 2 is 1.78 bits per heavy atom. The molecule has 1 aliphatic carbocycles. The van der Waals surface area contributed by atoms with E-state index < -0.39 is 0 Å². The molecule has 138 valence electrons. The quantitative estimate of drug-likeness (QED) is 0.502. The largest absolute Gasteiger partial charge is 0.465 e. The van der Waals surface area contributed by atoms with Crippen molar-refractivity contribution in [3.05, 3.63) is 64.0 Å². The Labute approximate surface area is 162 Å². The number of ether oxygens (including phenoxy) is 1. The third-order valence-electron chi connectivity index (χ3n) is 5.07. The van der Waals surface area contributed by atoms with E-state index in [2.05, 4.69) is 5.32 Å². The van der Waals surface area contributed by atoms with Crippen molar-refractivity contribution in [1.82, 2.24) is 0 Å². The zero-order chi connectivity index (χ0) is 18.8. The van der Waals surface area contributed by atoms with E-state index in [1.807, 2.05) is 42.5 Å². The maximum absolute atomic E-state index is 13.0. The van der Waals surface area contributed by atoms with E-state index in [1.165, 1.54) is 29.7 Å². The van der Waals surface area contributed by atoms with Crippen LogP contribution in [-0.2, 0) is 17.6 Å². The smallest absolute Gasteiger partial charge is 0.341 e. The Bertz CT molecular complexity index is 1020. The summed E-state index contributed by atoms with van der Waals surface area (Å²) in [6.07, 6.45) is 5.16. The topological polar surface area (TPSA) is 55.4 Å². The molecule has 0 spiro atoms. The molecule has 0 saturated carbocycles. The lowest BCUT2D eigenvalue weighted by Gasteiger charge is -2.09. The molecule has 0 bridgehead atoms. The number of hydrogen-bond donors (Lipinski definition) is 1. The summed E-state index contributed by atoms with van der Waals surface area (Å²) < 4.78 is 5.02. The van der Waals surface area contributed by atoms with E-state index in [4.69, 9.17) is 4.74 Å². The predicted octanol–water partition coefficient (Wildman–Crippen LogP) is 5.21. The fourth-order valence-corrected chi connectivity index (χ4v) is 5.02. The second-order valence-electron chi connectivity index (χ2n) is 6.74. The molecular weight excluding hydrogens is 358 g/mol. The molecule has 3 aromatic rings. The second kappa shape index (κ2) is 7.53. The number of anilines is 1. The molecule has 5 heteroatoms. The Balaban J connectivity index is 1.73. The molecule has 0 fully saturated rings. The number of benzene rings is 2. The third-order valence-corrected chi connectivity index (χ3v) is 6.28. The molecule has 2 aromatic carbocycles. The highest BCUT2D eigenvalue weighted by Crippen LogP contribution is 2.38. The highest BCUT2D eigenvalue weighted by molar-refractivity contribution is 7.17. The van der Waals surface area contributed by atoms with Crippen molar-refractivity contribution in [3.63, 3.8) is 0 Å². The van der Waals surface area contributed by atoms with E-state index in [0.29, 0.717) is 16.1 Å². The molecule has 27 heavy (non-hydrogen) atoms. The minimum Gasteiger partial charge on any atom is -0.465 e. The number of amides is 1. The zero-order valence-corrected chi connectivity index (χ0v) is 16.0. The Morgan fingerprint density at radius 1 is 1.00 bits per heavy atom. The van der Waals surface area contributed by atoms with Crippen LogP contribution in [0.25, 0.3) is 10.8 Å². The van der Waals surface area contributed by atoms with Crippen LogP contribution in [-0.4, -0.2) is 19.0 Å². The van der Waals surface area contributed by atoms with Crippen molar-refractivity contribution in [2.45, 2.75) is 32.1 Å². The lowest BCUT2D eigenvalue weighted by Crippen LogP contribution is -2.15. The van der Waals surface area contributed by atoms with Crippen LogP contribution in [0.15, 0.2) is 42.5 Å². The lowest BCUT2D eigenvalue weighted by atomic mass is 10.0. The first-order valence-corrected chi connectivity index (χ1v) is 10.0. The first-order chi connectivity index (χ1) is 13.2. The molecule has 0 atom stereocenters. The van der Waals surface area contributed by atoms with Gasteiger partial charge in [-0.1, -0.05) is 42.8 Å². The first-order valence-electron chi connectivity index (χ1n) is 9.21. The minimum absolute atomic E-state index is 0.201. The number of hydrogen-bond acceptors (Lipinski definition) is 4. The van der Waals surface area contributed by atoms with E-state index in [0.717, 1.165) is 42.0 Å². The van der Waals surface area contributed by atoms with Gasteiger partial charge in [0.05, 0.1) is 12.7 Å². The summed E-state index contributed by atoms with van der Waals surface area (Å²) in [5, 5.41) is 5.51. The van der Waals surface area contributed by atoms with Crippen LogP contribution in [0.4, 0.5) is 5.00 Å². The normalized spacial score (nSPS) is 13.7. The molecule has 4 rings (SSSR count). The summed E-state index contributed by atoms with van der Waals surface area (Å²) in [4.78, 5) is 26.7. The van der Waals surface area contributed by atoms with Crippen LogP contribution in [0, 0.1) is 0 Å². The average molecular weight is 379 g/mol. The summed E-state index contributed by atoms with van der Waals surface area (Å²) >= 11 is 1.51. The number of esters is 1. The van der Waals surface area contributed by atoms with Crippen LogP contribution in [0.2, 0.25) is 0 Å². The number of nitrogens with one attached hydrogen (secondary N) is 1. The molecule has 1 aromatic heterocycles. The van der Waals surface area contributed by atoms with Gasteiger partial charge in [0.1, 0.15) is 5.00 Å². The highest BCUT2D eigenvalue weighted by Gasteiger charge is 2.26. The van der Waals surface area contributed by atoms with Gasteiger partial charge in [0.2, 0.25) is 0 Å². The molecule has 1 heterocycles. The van der Waals surface area contributed by atoms with Gasteiger partial charge in [0, 0.05) is 10.4 Å². The average Bonchev–Trinajstić information content (AvgIpc) is 2.87. The van der Waals surface area contributed by atoms with Crippen molar-refractivity contribution < 1.29 is 14.3 Å². The highest BCUT2D eigenvalue weighted by atomic mass is 32.1. The molecule has 0 aliphatic heterocycles. The fraction of sp³-hybridized carbons (Fsp3) is 0.273. The van der Waals surface area contributed by atoms with Gasteiger partial charge in [-0.3, -0.25) is 4.79 Å². The van der Waals surface area contributed by atoms with Crippen LogP contribution in [0.1, 0.15) is 50.4 Å². The Morgan fingerprint density at radius 3 is 2.63 bits per heavy atom. The van der Waals surface area contributed by atoms with Gasteiger partial charge in [0.25, 0.3) is 5.91 Å². The van der Waals surface area contributed by atoms with Gasteiger partial charge in [-0.05, 0) is 48.1 Å². The summed E-state index contributed by atoms with van der Waals surface area (Å²) in [6.45, 7) is 0. The van der Waals surface area contributed by atoms with Gasteiger partial charge in [0.15, 0.2) is 0 Å². The molecular formula is C22H21NO3S. The molecule has 1 aliphatic rings. The number of aryl methyl sites for hydroxylation is 1. The van der Waals surface area contributed by atoms with Gasteiger partial charge in [-0.15, -0.1) is 11.3 Å². The van der Waals surface area contributed by atoms with Crippen LogP contribution in [0.3, 0.4) is 0 Å². The number of carbonyl (C=O) groups excluding carboxylic acids is 2. The van der Waals surface area contributed by atoms with Crippen molar-refractivity contribution >= 4 is 39.0 Å². The second-order valence-corrected chi connectivity index (χ2v) is 7.85. The summed E-state index contributed by atoms with van der Waals surface area (Å²) in [5.74, 6) is -0.573. The maximum atomic E-state index is 13.0. The van der Waals surface area contributed by atoms with Gasteiger partial charge >= 0.3 is 5.97 Å². The van der Waals surface area contributed by atoms with Crippen molar-refractivity contribution in [2.75, 3.05) is 12.4 Å². The van der Waals surface area contributed by atoms with Crippen LogP contribution in [0.5, 0.6) is 0 Å². The van der Waals surface area contributed by atoms with Crippen molar-refractivity contribution in [1.29, 1.82) is 0 Å². The fourth-order valence-electron chi connectivity index (χ4n) is 3.74. The number of thiophene rings is 1. The molecule has 0 radical (unpaired) electrons. The number of methoxy groups -OCH3 is 1. The molecule has 1 amide bonds. The van der Waals surface area contributed by atoms with Crippen LogP contribution >= 0.6 is 11.3 Å². The molecule has 0 saturated heterocycles. The molecule has 0 unspecified atom stereocenters. The maximum Gasteiger partial charge on any atom is 0.341 e. The van der Waals surface area contributed by atoms with Crippen molar-refractivity contribution in [2.24, 2.45) is 0 Å².